The van der Waals surface area contributed by atoms with Crippen molar-refractivity contribution >= 4 is 31.8 Å². The molecule has 3 unspecified atom stereocenters. The van der Waals surface area contributed by atoms with Crippen molar-refractivity contribution in [3.8, 4) is 0 Å². The van der Waals surface area contributed by atoms with E-state index in [0.29, 0.717) is 22.9 Å². The maximum atomic E-state index is 14.2. The molecule has 3 aromatic rings. The maximum absolute atomic E-state index is 14.2. The number of halogens is 8. The highest BCUT2D eigenvalue weighted by atomic mass is 31.1. The molecule has 0 radical (unpaired) electrons. The number of rotatable bonds is 9. The van der Waals surface area contributed by atoms with Crippen molar-refractivity contribution in [2.24, 2.45) is 5.92 Å². The zero-order valence-electron chi connectivity index (χ0n) is 32.9. The summed E-state index contributed by atoms with van der Waals surface area (Å²) in [6, 6.07) is 15.0. The Morgan fingerprint density at radius 2 is 1.07 bits per heavy atom. The van der Waals surface area contributed by atoms with Gasteiger partial charge in [-0.15, -0.1) is 0 Å². The zero-order valence-corrected chi connectivity index (χ0v) is 34.7. The summed E-state index contributed by atoms with van der Waals surface area (Å²) in [5.74, 6) is 0.0526. The average Bonchev–Trinajstić information content (AvgIpc) is 3.92. The van der Waals surface area contributed by atoms with Gasteiger partial charge in [-0.25, -0.2) is 8.78 Å². The van der Waals surface area contributed by atoms with E-state index in [-0.39, 0.29) is 28.1 Å². The summed E-state index contributed by atoms with van der Waals surface area (Å²) in [7, 11) is -2.35. The third-order valence-electron chi connectivity index (χ3n) is 12.9. The molecule has 0 saturated heterocycles. The fraction of sp³-hybridized carbons (Fsp3) is 0.609. The van der Waals surface area contributed by atoms with Crippen LogP contribution in [0.3, 0.4) is 0 Å². The highest BCUT2D eigenvalue weighted by Crippen LogP contribution is 2.58. The fourth-order valence-corrected chi connectivity index (χ4v) is 17.4. The van der Waals surface area contributed by atoms with Gasteiger partial charge in [-0.1, -0.05) is 122 Å². The summed E-state index contributed by atoms with van der Waals surface area (Å²) in [4.78, 5) is 0. The Bertz CT molecular complexity index is 1680. The van der Waals surface area contributed by atoms with Crippen molar-refractivity contribution < 1.29 is 35.1 Å². The summed E-state index contributed by atoms with van der Waals surface area (Å²) < 4.78 is 113. The lowest BCUT2D eigenvalue weighted by molar-refractivity contribution is -0.138. The topological polar surface area (TPSA) is 0 Å². The molecule has 3 aromatic carbocycles. The largest absolute Gasteiger partial charge is 0.416 e. The summed E-state index contributed by atoms with van der Waals surface area (Å²) in [6.45, 7) is 3.49. The number of benzene rings is 3. The molecular formula is C46H58F8P2. The molecule has 0 aliphatic heterocycles. The molecule has 4 saturated carbocycles. The van der Waals surface area contributed by atoms with Crippen molar-refractivity contribution in [3.05, 3.63) is 88.5 Å². The predicted molar refractivity (Wildman–Crippen MR) is 218 cm³/mol. The Morgan fingerprint density at radius 3 is 1.61 bits per heavy atom. The zero-order chi connectivity index (χ0) is 40.0. The van der Waals surface area contributed by atoms with E-state index in [1.807, 2.05) is 6.92 Å². The van der Waals surface area contributed by atoms with E-state index in [1.54, 1.807) is 13.0 Å². The van der Waals surface area contributed by atoms with Crippen LogP contribution >= 0.6 is 15.8 Å². The highest BCUT2D eigenvalue weighted by molar-refractivity contribution is 7.73. The summed E-state index contributed by atoms with van der Waals surface area (Å²) in [5.41, 5.74) is -0.234. The van der Waals surface area contributed by atoms with Gasteiger partial charge in [-0.05, 0) is 140 Å². The summed E-state index contributed by atoms with van der Waals surface area (Å²) in [5, 5.41) is 1.77. The molecule has 4 aliphatic carbocycles. The lowest BCUT2D eigenvalue weighted by Gasteiger charge is -2.41. The van der Waals surface area contributed by atoms with Crippen LogP contribution in [-0.4, -0.2) is 17.0 Å². The smallest absolute Gasteiger partial charge is 0.205 e. The molecule has 7 rings (SSSR count). The van der Waals surface area contributed by atoms with Crippen LogP contribution in [0.5, 0.6) is 0 Å². The molecule has 4 atom stereocenters. The molecule has 0 N–H and O–H groups in total. The molecule has 0 heterocycles. The van der Waals surface area contributed by atoms with Gasteiger partial charge in [0.2, 0.25) is 0 Å². The Hall–Kier alpha value is -2.04. The molecule has 0 nitrogen and oxygen atoms in total. The fourth-order valence-electron chi connectivity index (χ4n) is 10.2. The highest BCUT2D eigenvalue weighted by Gasteiger charge is 2.42. The molecular weight excluding hydrogens is 766 g/mol. The van der Waals surface area contributed by atoms with Crippen LogP contribution < -0.4 is 15.9 Å². The van der Waals surface area contributed by atoms with Gasteiger partial charge < -0.3 is 0 Å². The minimum Gasteiger partial charge on any atom is -0.205 e. The number of hydrogen-bond donors (Lipinski definition) is 0. The van der Waals surface area contributed by atoms with Gasteiger partial charge in [0.15, 0.2) is 0 Å². The molecule has 0 aromatic heterocycles. The van der Waals surface area contributed by atoms with E-state index in [4.69, 9.17) is 0 Å². The van der Waals surface area contributed by atoms with Gasteiger partial charge in [0.25, 0.3) is 6.43 Å². The van der Waals surface area contributed by atoms with Crippen molar-refractivity contribution in [1.29, 1.82) is 0 Å². The third-order valence-corrected chi connectivity index (χ3v) is 19.3. The van der Waals surface area contributed by atoms with Crippen LogP contribution in [0.2, 0.25) is 0 Å². The minimum atomic E-state index is -4.89. The normalized spacial score (nSPS) is 22.6. The van der Waals surface area contributed by atoms with Gasteiger partial charge in [0.05, 0.1) is 11.1 Å². The molecule has 308 valence electrons. The van der Waals surface area contributed by atoms with Crippen molar-refractivity contribution in [3.63, 3.8) is 0 Å². The summed E-state index contributed by atoms with van der Waals surface area (Å²) >= 11 is 0. The van der Waals surface area contributed by atoms with Gasteiger partial charge in [0.1, 0.15) is 0 Å². The van der Waals surface area contributed by atoms with Crippen molar-refractivity contribution in [2.75, 3.05) is 0 Å². The first-order valence-corrected chi connectivity index (χ1v) is 24.0. The lowest BCUT2D eigenvalue weighted by Crippen LogP contribution is -2.32. The van der Waals surface area contributed by atoms with Crippen molar-refractivity contribution in [1.82, 2.24) is 0 Å². The third kappa shape index (κ3) is 10.8. The molecule has 4 aliphatic rings. The monoisotopic (exact) mass is 824 g/mol. The standard InChI is InChI=1S/C41H48F8P2.C5H10/c1-26-20-29(40(44,45)46)24-33(21-26)50(34-23-28(39(42)43)22-30(25-34)41(47,48)49)27(2)35-17-11-18-36(35)37-16-9-10-19-38(37)51(31-12-5-3-6-13-31)32-14-7-4-8-15-32;1-2-4-5-3-1/h9-10,16,19-25,27,31-32,35-36,39H,3-8,11-15,17-18H2,1-2H3;1-5H2/t27-,35?,36?,50?;/m1./s1. The van der Waals surface area contributed by atoms with Crippen LogP contribution in [0.4, 0.5) is 35.1 Å². The van der Waals surface area contributed by atoms with Crippen molar-refractivity contribution in [2.45, 2.75) is 171 Å². The average molecular weight is 825 g/mol. The molecule has 56 heavy (non-hydrogen) atoms. The number of aryl methyl sites for hydroxylation is 1. The Balaban J connectivity index is 0.000000985. The second kappa shape index (κ2) is 19.4. The van der Waals surface area contributed by atoms with E-state index in [2.05, 4.69) is 24.3 Å². The first kappa shape index (κ1) is 43.5. The quantitative estimate of drug-likeness (QED) is 0.149. The van der Waals surface area contributed by atoms with Gasteiger partial charge >= 0.3 is 12.4 Å². The Kier molecular flexibility index (Phi) is 15.0. The predicted octanol–water partition coefficient (Wildman–Crippen LogP) is 15.1. The van der Waals surface area contributed by atoms with E-state index >= 15 is 0 Å². The SMILES string of the molecule is C1CCCC1.Cc1cc(P(c2cc(C(F)F)cc(C(F)(F)F)c2)[C@H](C)C2CCCC2c2ccccc2P(C2CCCCC2)C2CCCCC2)cc(C(F)(F)F)c1. The van der Waals surface area contributed by atoms with Crippen LogP contribution in [-0.2, 0) is 12.4 Å². The van der Waals surface area contributed by atoms with Gasteiger partial charge in [-0.3, -0.25) is 0 Å². The van der Waals surface area contributed by atoms with E-state index in [0.717, 1.165) is 43.5 Å². The van der Waals surface area contributed by atoms with Crippen LogP contribution in [0.1, 0.15) is 163 Å². The number of hydrogen-bond acceptors (Lipinski definition) is 0. The second-order valence-electron chi connectivity index (χ2n) is 16.8. The van der Waals surface area contributed by atoms with Crippen LogP contribution in [0, 0.1) is 12.8 Å². The molecule has 10 heteroatoms. The molecule has 0 bridgehead atoms. The molecule has 4 fully saturated rings. The van der Waals surface area contributed by atoms with E-state index in [9.17, 15) is 35.1 Å². The minimum absolute atomic E-state index is 0.0359. The van der Waals surface area contributed by atoms with Gasteiger partial charge in [-0.2, -0.15) is 26.3 Å². The van der Waals surface area contributed by atoms with E-state index < -0.39 is 51.3 Å². The second-order valence-corrected chi connectivity index (χ2v) is 22.1. The first-order chi connectivity index (χ1) is 26.7. The van der Waals surface area contributed by atoms with Gasteiger partial charge in [0, 0.05) is 5.56 Å². The summed E-state index contributed by atoms with van der Waals surface area (Å²) in [6.07, 6.45) is 9.85. The van der Waals surface area contributed by atoms with Crippen LogP contribution in [0.25, 0.3) is 0 Å². The lowest BCUT2D eigenvalue weighted by atomic mass is 9.87. The first-order valence-electron chi connectivity index (χ1n) is 21.1. The molecule has 0 amide bonds. The van der Waals surface area contributed by atoms with Crippen LogP contribution in [0.15, 0.2) is 60.7 Å². The molecule has 0 spiro atoms. The number of alkyl halides is 8. The Morgan fingerprint density at radius 1 is 0.571 bits per heavy atom. The Labute approximate surface area is 331 Å². The van der Waals surface area contributed by atoms with E-state index in [1.165, 1.54) is 107 Å². The maximum Gasteiger partial charge on any atom is 0.416 e.